The molecule has 0 aliphatic carbocycles. The summed E-state index contributed by atoms with van der Waals surface area (Å²) in [5, 5.41) is 2.34. The van der Waals surface area contributed by atoms with Gasteiger partial charge in [0.25, 0.3) is 5.56 Å². The van der Waals surface area contributed by atoms with Crippen LogP contribution in [0.3, 0.4) is 0 Å². The molecule has 0 aliphatic heterocycles. The monoisotopic (exact) mass is 379 g/mol. The average molecular weight is 380 g/mol. The fraction of sp³-hybridized carbons (Fsp3) is 0.0455. The van der Waals surface area contributed by atoms with Gasteiger partial charge in [0, 0.05) is 16.1 Å². The Morgan fingerprint density at radius 3 is 1.77 bits per heavy atom. The quantitative estimate of drug-likeness (QED) is 0.431. The lowest BCUT2D eigenvalue weighted by molar-refractivity contribution is 0.677. The van der Waals surface area contributed by atoms with E-state index < -0.39 is 0 Å². The zero-order valence-corrected chi connectivity index (χ0v) is 15.3. The molecule has 0 spiro atoms. The van der Waals surface area contributed by atoms with Crippen LogP contribution in [0.1, 0.15) is 17.2 Å². The highest BCUT2D eigenvalue weighted by atomic mass is 35.5. The Labute approximate surface area is 161 Å². The number of hydrogen-bond donors (Lipinski definition) is 0. The SMILES string of the molecule is O=c1ccc2ccccc2n1C(c1ccc(Cl)cc1)c1ccc(Cl)cc1. The predicted molar refractivity (Wildman–Crippen MR) is 108 cm³/mol. The van der Waals surface area contributed by atoms with E-state index in [0.717, 1.165) is 22.0 Å². The van der Waals surface area contributed by atoms with Gasteiger partial charge < -0.3 is 0 Å². The van der Waals surface area contributed by atoms with E-state index in [0.29, 0.717) is 10.0 Å². The van der Waals surface area contributed by atoms with E-state index >= 15 is 0 Å². The summed E-state index contributed by atoms with van der Waals surface area (Å²) in [6.45, 7) is 0. The molecule has 0 atom stereocenters. The zero-order chi connectivity index (χ0) is 18.1. The second kappa shape index (κ2) is 6.99. The molecule has 1 aromatic heterocycles. The molecule has 4 aromatic rings. The van der Waals surface area contributed by atoms with Crippen LogP contribution in [0.15, 0.2) is 89.7 Å². The highest BCUT2D eigenvalue weighted by molar-refractivity contribution is 6.30. The van der Waals surface area contributed by atoms with Crippen molar-refractivity contribution in [3.8, 4) is 0 Å². The summed E-state index contributed by atoms with van der Waals surface area (Å²) in [4.78, 5) is 12.9. The number of rotatable bonds is 3. The molecule has 0 bridgehead atoms. The lowest BCUT2D eigenvalue weighted by Crippen LogP contribution is -2.26. The predicted octanol–water partition coefficient (Wildman–Crippen LogP) is 5.95. The van der Waals surface area contributed by atoms with E-state index in [1.54, 1.807) is 6.07 Å². The van der Waals surface area contributed by atoms with E-state index in [1.807, 2.05) is 83.4 Å². The van der Waals surface area contributed by atoms with E-state index in [9.17, 15) is 4.79 Å². The molecule has 0 aliphatic rings. The standard InChI is InChI=1S/C22H15Cl2NO/c23-18-10-5-16(6-11-18)22(17-7-12-19(24)13-8-17)25-20-4-2-1-3-15(20)9-14-21(25)26/h1-14,22H. The first-order valence-corrected chi connectivity index (χ1v) is 9.00. The van der Waals surface area contributed by atoms with E-state index in [-0.39, 0.29) is 11.6 Å². The minimum Gasteiger partial charge on any atom is -0.297 e. The average Bonchev–Trinajstić information content (AvgIpc) is 2.66. The van der Waals surface area contributed by atoms with Gasteiger partial charge in [-0.15, -0.1) is 0 Å². The van der Waals surface area contributed by atoms with Crippen LogP contribution in [0.4, 0.5) is 0 Å². The van der Waals surface area contributed by atoms with Crippen LogP contribution >= 0.6 is 23.2 Å². The summed E-state index contributed by atoms with van der Waals surface area (Å²) < 4.78 is 1.82. The first-order chi connectivity index (χ1) is 12.6. The highest BCUT2D eigenvalue weighted by Gasteiger charge is 2.19. The molecule has 0 radical (unpaired) electrons. The first kappa shape index (κ1) is 16.9. The van der Waals surface area contributed by atoms with E-state index in [2.05, 4.69) is 0 Å². The molecule has 0 amide bonds. The maximum Gasteiger partial charge on any atom is 0.251 e. The number of hydrogen-bond acceptors (Lipinski definition) is 1. The van der Waals surface area contributed by atoms with Crippen LogP contribution in [-0.2, 0) is 0 Å². The second-order valence-corrected chi connectivity index (χ2v) is 6.98. The van der Waals surface area contributed by atoms with Crippen LogP contribution < -0.4 is 5.56 Å². The smallest absolute Gasteiger partial charge is 0.251 e. The van der Waals surface area contributed by atoms with Gasteiger partial charge in [-0.25, -0.2) is 0 Å². The summed E-state index contributed by atoms with van der Waals surface area (Å²) in [6, 6.07) is 26.3. The van der Waals surface area contributed by atoms with Gasteiger partial charge in [-0.1, -0.05) is 65.7 Å². The third-order valence-corrected chi connectivity index (χ3v) is 4.97. The van der Waals surface area contributed by atoms with Gasteiger partial charge in [0.2, 0.25) is 0 Å². The Balaban J connectivity index is 2.03. The largest absolute Gasteiger partial charge is 0.297 e. The van der Waals surface area contributed by atoms with Crippen LogP contribution in [0.2, 0.25) is 10.0 Å². The Kier molecular flexibility index (Phi) is 4.54. The van der Waals surface area contributed by atoms with Gasteiger partial charge in [-0.3, -0.25) is 9.36 Å². The molecule has 0 saturated carbocycles. The molecule has 4 rings (SSSR count). The maximum absolute atomic E-state index is 12.9. The lowest BCUT2D eigenvalue weighted by Gasteiger charge is -2.23. The number of benzene rings is 3. The fourth-order valence-corrected chi connectivity index (χ4v) is 3.51. The summed E-state index contributed by atoms with van der Waals surface area (Å²) in [7, 11) is 0. The maximum atomic E-state index is 12.9. The minimum absolute atomic E-state index is 0.0569. The van der Waals surface area contributed by atoms with Crippen molar-refractivity contribution >= 4 is 34.1 Å². The summed E-state index contributed by atoms with van der Waals surface area (Å²) in [5.41, 5.74) is 2.79. The Morgan fingerprint density at radius 1 is 0.654 bits per heavy atom. The van der Waals surface area contributed by atoms with Crippen molar-refractivity contribution in [3.05, 3.63) is 116 Å². The van der Waals surface area contributed by atoms with Gasteiger partial charge in [0.15, 0.2) is 0 Å². The molecule has 128 valence electrons. The number of pyridine rings is 1. The molecule has 0 unspecified atom stereocenters. The van der Waals surface area contributed by atoms with Gasteiger partial charge in [-0.05, 0) is 52.9 Å². The number of aromatic nitrogens is 1. The fourth-order valence-electron chi connectivity index (χ4n) is 3.25. The van der Waals surface area contributed by atoms with E-state index in [1.165, 1.54) is 0 Å². The Hall–Kier alpha value is -2.55. The van der Waals surface area contributed by atoms with Crippen molar-refractivity contribution < 1.29 is 0 Å². The molecule has 4 heteroatoms. The number of para-hydroxylation sites is 1. The highest BCUT2D eigenvalue weighted by Crippen LogP contribution is 2.30. The van der Waals surface area contributed by atoms with Crippen LogP contribution in [0.5, 0.6) is 0 Å². The van der Waals surface area contributed by atoms with Gasteiger partial charge in [0.05, 0.1) is 11.6 Å². The van der Waals surface area contributed by atoms with E-state index in [4.69, 9.17) is 23.2 Å². The molecule has 3 aromatic carbocycles. The zero-order valence-electron chi connectivity index (χ0n) is 13.8. The topological polar surface area (TPSA) is 22.0 Å². The van der Waals surface area contributed by atoms with Crippen LogP contribution in [0, 0.1) is 0 Å². The number of nitrogens with zero attached hydrogens (tertiary/aromatic N) is 1. The van der Waals surface area contributed by atoms with Gasteiger partial charge in [0.1, 0.15) is 0 Å². The van der Waals surface area contributed by atoms with Crippen molar-refractivity contribution in [2.75, 3.05) is 0 Å². The van der Waals surface area contributed by atoms with Crippen molar-refractivity contribution in [2.24, 2.45) is 0 Å². The molecule has 2 nitrogen and oxygen atoms in total. The molecule has 0 fully saturated rings. The van der Waals surface area contributed by atoms with Crippen molar-refractivity contribution in [2.45, 2.75) is 6.04 Å². The summed E-state index contributed by atoms with van der Waals surface area (Å²) in [6.07, 6.45) is 0. The molecule has 0 saturated heterocycles. The van der Waals surface area contributed by atoms with Gasteiger partial charge in [-0.2, -0.15) is 0 Å². The summed E-state index contributed by atoms with van der Waals surface area (Å²) >= 11 is 12.1. The van der Waals surface area contributed by atoms with Crippen molar-refractivity contribution in [3.63, 3.8) is 0 Å². The molecule has 1 heterocycles. The Bertz CT molecular complexity index is 1070. The molecular formula is C22H15Cl2NO. The molecule has 0 N–H and O–H groups in total. The first-order valence-electron chi connectivity index (χ1n) is 8.25. The van der Waals surface area contributed by atoms with Crippen molar-refractivity contribution in [1.82, 2.24) is 4.57 Å². The number of fused-ring (bicyclic) bond motifs is 1. The Morgan fingerprint density at radius 2 is 1.19 bits per heavy atom. The van der Waals surface area contributed by atoms with Crippen molar-refractivity contribution in [1.29, 1.82) is 0 Å². The second-order valence-electron chi connectivity index (χ2n) is 6.11. The minimum atomic E-state index is -0.275. The van der Waals surface area contributed by atoms with Crippen LogP contribution in [-0.4, -0.2) is 4.57 Å². The lowest BCUT2D eigenvalue weighted by atomic mass is 9.97. The summed E-state index contributed by atoms with van der Waals surface area (Å²) in [5.74, 6) is 0. The third-order valence-electron chi connectivity index (χ3n) is 4.47. The molecular weight excluding hydrogens is 365 g/mol. The normalized spacial score (nSPS) is 11.2. The molecule has 26 heavy (non-hydrogen) atoms. The number of halogens is 2. The van der Waals surface area contributed by atoms with Gasteiger partial charge >= 0.3 is 0 Å². The third kappa shape index (κ3) is 3.14. The van der Waals surface area contributed by atoms with Crippen LogP contribution in [0.25, 0.3) is 10.9 Å².